The standard InChI is InChI=1S/C20H31NO4/c1-3-4-5-6-7-8-12-15-24-20(23)21-17(2)19(22)25-16-18-13-10-9-11-14-18/h9-11,13-14,17H,3-8,12,15-16H2,1-2H3,(H,21,23). The van der Waals surface area contributed by atoms with Crippen LogP contribution in [0.25, 0.3) is 0 Å². The molecule has 0 saturated heterocycles. The Kier molecular flexibility index (Phi) is 11.2. The van der Waals surface area contributed by atoms with Gasteiger partial charge in [-0.2, -0.15) is 0 Å². The van der Waals surface area contributed by atoms with Crippen molar-refractivity contribution in [3.05, 3.63) is 35.9 Å². The summed E-state index contributed by atoms with van der Waals surface area (Å²) in [7, 11) is 0. The highest BCUT2D eigenvalue weighted by atomic mass is 16.6. The fourth-order valence-electron chi connectivity index (χ4n) is 2.36. The quantitative estimate of drug-likeness (QED) is 0.442. The molecule has 140 valence electrons. The van der Waals surface area contributed by atoms with Gasteiger partial charge in [-0.3, -0.25) is 0 Å². The molecule has 1 aromatic rings. The van der Waals surface area contributed by atoms with Gasteiger partial charge in [-0.1, -0.05) is 75.8 Å². The van der Waals surface area contributed by atoms with Crippen molar-refractivity contribution >= 4 is 12.1 Å². The van der Waals surface area contributed by atoms with E-state index in [2.05, 4.69) is 12.2 Å². The Hall–Kier alpha value is -2.04. The number of esters is 1. The van der Waals surface area contributed by atoms with Gasteiger partial charge in [0, 0.05) is 0 Å². The van der Waals surface area contributed by atoms with Crippen LogP contribution in [0.2, 0.25) is 0 Å². The van der Waals surface area contributed by atoms with E-state index in [0.717, 1.165) is 18.4 Å². The zero-order chi connectivity index (χ0) is 18.3. The van der Waals surface area contributed by atoms with Crippen molar-refractivity contribution in [1.29, 1.82) is 0 Å². The van der Waals surface area contributed by atoms with Gasteiger partial charge < -0.3 is 14.8 Å². The van der Waals surface area contributed by atoms with Crippen LogP contribution in [-0.4, -0.2) is 24.7 Å². The Labute approximate surface area is 151 Å². The Balaban J connectivity index is 2.07. The van der Waals surface area contributed by atoms with Gasteiger partial charge >= 0.3 is 12.1 Å². The Morgan fingerprint density at radius 1 is 0.960 bits per heavy atom. The minimum Gasteiger partial charge on any atom is -0.459 e. The van der Waals surface area contributed by atoms with Gasteiger partial charge in [0.05, 0.1) is 6.61 Å². The molecule has 1 unspecified atom stereocenters. The monoisotopic (exact) mass is 349 g/mol. The van der Waals surface area contributed by atoms with Crippen LogP contribution < -0.4 is 5.32 Å². The molecular weight excluding hydrogens is 318 g/mol. The molecule has 25 heavy (non-hydrogen) atoms. The number of amides is 1. The van der Waals surface area contributed by atoms with Crippen molar-refractivity contribution in [1.82, 2.24) is 5.32 Å². The highest BCUT2D eigenvalue weighted by Gasteiger charge is 2.17. The van der Waals surface area contributed by atoms with Gasteiger partial charge in [-0.05, 0) is 18.9 Å². The molecule has 0 aliphatic carbocycles. The topological polar surface area (TPSA) is 64.6 Å². The number of hydrogen-bond acceptors (Lipinski definition) is 4. The third-order valence-electron chi connectivity index (χ3n) is 3.89. The smallest absolute Gasteiger partial charge is 0.407 e. The average Bonchev–Trinajstić information content (AvgIpc) is 2.62. The Bertz CT molecular complexity index is 490. The molecule has 5 heteroatoms. The van der Waals surface area contributed by atoms with E-state index in [9.17, 15) is 9.59 Å². The van der Waals surface area contributed by atoms with Gasteiger partial charge in [-0.15, -0.1) is 0 Å². The first kappa shape index (κ1) is 21.0. The molecule has 0 spiro atoms. The van der Waals surface area contributed by atoms with Crippen LogP contribution in [0, 0.1) is 0 Å². The second-order valence-corrected chi connectivity index (χ2v) is 6.22. The lowest BCUT2D eigenvalue weighted by Gasteiger charge is -2.13. The van der Waals surface area contributed by atoms with E-state index < -0.39 is 18.1 Å². The summed E-state index contributed by atoms with van der Waals surface area (Å²) >= 11 is 0. The van der Waals surface area contributed by atoms with Gasteiger partial charge in [0.2, 0.25) is 0 Å². The third kappa shape index (κ3) is 10.4. The first-order valence-electron chi connectivity index (χ1n) is 9.27. The average molecular weight is 349 g/mol. The Morgan fingerprint density at radius 3 is 2.28 bits per heavy atom. The molecule has 0 fully saturated rings. The molecule has 0 heterocycles. The normalized spacial score (nSPS) is 11.6. The highest BCUT2D eigenvalue weighted by molar-refractivity contribution is 5.80. The lowest BCUT2D eigenvalue weighted by Crippen LogP contribution is -2.39. The van der Waals surface area contributed by atoms with Crippen molar-refractivity contribution in [3.8, 4) is 0 Å². The van der Waals surface area contributed by atoms with Gasteiger partial charge in [0.15, 0.2) is 0 Å². The molecule has 0 radical (unpaired) electrons. The van der Waals surface area contributed by atoms with Crippen LogP contribution in [0.15, 0.2) is 30.3 Å². The fourth-order valence-corrected chi connectivity index (χ4v) is 2.36. The SMILES string of the molecule is CCCCCCCCCOC(=O)NC(C)C(=O)OCc1ccccc1. The predicted octanol–water partition coefficient (Wildman–Crippen LogP) is 4.60. The lowest BCUT2D eigenvalue weighted by atomic mass is 10.1. The van der Waals surface area contributed by atoms with E-state index in [-0.39, 0.29) is 6.61 Å². The molecule has 0 saturated carbocycles. The lowest BCUT2D eigenvalue weighted by molar-refractivity contribution is -0.146. The van der Waals surface area contributed by atoms with Crippen LogP contribution >= 0.6 is 0 Å². The van der Waals surface area contributed by atoms with Crippen molar-refractivity contribution in [2.45, 2.75) is 71.4 Å². The molecule has 1 N–H and O–H groups in total. The second-order valence-electron chi connectivity index (χ2n) is 6.22. The molecule has 0 aromatic heterocycles. The highest BCUT2D eigenvalue weighted by Crippen LogP contribution is 2.07. The Morgan fingerprint density at radius 2 is 1.60 bits per heavy atom. The first-order valence-corrected chi connectivity index (χ1v) is 9.27. The molecule has 0 aliphatic rings. The van der Waals surface area contributed by atoms with E-state index in [1.165, 1.54) is 32.1 Å². The summed E-state index contributed by atoms with van der Waals surface area (Å²) in [6.45, 7) is 4.36. The molecule has 5 nitrogen and oxygen atoms in total. The molecule has 0 aliphatic heterocycles. The number of nitrogens with one attached hydrogen (secondary N) is 1. The maximum atomic E-state index is 11.9. The van der Waals surface area contributed by atoms with Gasteiger partial charge in [0.25, 0.3) is 0 Å². The molecular formula is C20H31NO4. The number of alkyl carbamates (subject to hydrolysis) is 1. The summed E-state index contributed by atoms with van der Waals surface area (Å²) in [4.78, 5) is 23.5. The number of carbonyl (C=O) groups excluding carboxylic acids is 2. The van der Waals surface area contributed by atoms with Crippen LogP contribution in [0.3, 0.4) is 0 Å². The van der Waals surface area contributed by atoms with E-state index in [4.69, 9.17) is 9.47 Å². The first-order chi connectivity index (χ1) is 12.1. The molecule has 1 rings (SSSR count). The minimum absolute atomic E-state index is 0.193. The molecule has 1 amide bonds. The summed E-state index contributed by atoms with van der Waals surface area (Å²) in [5.41, 5.74) is 0.907. The van der Waals surface area contributed by atoms with Crippen molar-refractivity contribution < 1.29 is 19.1 Å². The summed E-state index contributed by atoms with van der Waals surface area (Å²) in [6.07, 6.45) is 7.57. The third-order valence-corrected chi connectivity index (χ3v) is 3.89. The van der Waals surface area contributed by atoms with Crippen molar-refractivity contribution in [2.24, 2.45) is 0 Å². The zero-order valence-electron chi connectivity index (χ0n) is 15.5. The number of benzene rings is 1. The summed E-state index contributed by atoms with van der Waals surface area (Å²) in [5, 5.41) is 2.50. The maximum Gasteiger partial charge on any atom is 0.407 e. The number of rotatable bonds is 12. The van der Waals surface area contributed by atoms with Gasteiger partial charge in [-0.25, -0.2) is 9.59 Å². The number of carbonyl (C=O) groups is 2. The number of hydrogen-bond donors (Lipinski definition) is 1. The van der Waals surface area contributed by atoms with Crippen LogP contribution in [0.5, 0.6) is 0 Å². The molecule has 1 atom stereocenters. The zero-order valence-corrected chi connectivity index (χ0v) is 15.5. The minimum atomic E-state index is -0.731. The van der Waals surface area contributed by atoms with Crippen molar-refractivity contribution in [3.63, 3.8) is 0 Å². The van der Waals surface area contributed by atoms with Crippen LogP contribution in [0.4, 0.5) is 4.79 Å². The van der Waals surface area contributed by atoms with E-state index in [1.54, 1.807) is 6.92 Å². The number of ether oxygens (including phenoxy) is 2. The van der Waals surface area contributed by atoms with Crippen LogP contribution in [-0.2, 0) is 20.9 Å². The predicted molar refractivity (Wildman–Crippen MR) is 98.2 cm³/mol. The van der Waals surface area contributed by atoms with E-state index in [0.29, 0.717) is 6.61 Å². The summed E-state index contributed by atoms with van der Waals surface area (Å²) < 4.78 is 10.3. The maximum absolute atomic E-state index is 11.9. The van der Waals surface area contributed by atoms with E-state index >= 15 is 0 Å². The van der Waals surface area contributed by atoms with Crippen LogP contribution in [0.1, 0.15) is 64.4 Å². The fraction of sp³-hybridized carbons (Fsp3) is 0.600. The summed E-state index contributed by atoms with van der Waals surface area (Å²) in [6, 6.07) is 8.68. The molecule has 1 aromatic carbocycles. The number of unbranched alkanes of at least 4 members (excludes halogenated alkanes) is 6. The van der Waals surface area contributed by atoms with Crippen molar-refractivity contribution in [2.75, 3.05) is 6.61 Å². The molecule has 0 bridgehead atoms. The summed E-state index contributed by atoms with van der Waals surface area (Å²) in [5.74, 6) is -0.475. The largest absolute Gasteiger partial charge is 0.459 e. The second kappa shape index (κ2) is 13.3. The van der Waals surface area contributed by atoms with E-state index in [1.807, 2.05) is 30.3 Å². The van der Waals surface area contributed by atoms with Gasteiger partial charge in [0.1, 0.15) is 12.6 Å².